The summed E-state index contributed by atoms with van der Waals surface area (Å²) in [7, 11) is 0. The number of aryl methyl sites for hydroxylation is 1. The average molecular weight is 506 g/mol. The number of benzene rings is 2. The third-order valence-electron chi connectivity index (χ3n) is 4.73. The molecule has 2 aromatic heterocycles. The minimum Gasteiger partial charge on any atom is -0.316 e. The standard InChI is InChI=1S/C22H19Cl3N6S/c1-14-10-21(29-31(14)13-16-6-7-17(23)11-19(16)25)27-22(32)26-20-8-9-30(28-20)12-15-4-2-3-5-18(15)24/h2-11H,12-13H2,1H3,(H2,26,27,28,29,32). The predicted octanol–water partition coefficient (Wildman–Crippen LogP) is 6.25. The van der Waals surface area contributed by atoms with Crippen molar-refractivity contribution < 1.29 is 0 Å². The van der Waals surface area contributed by atoms with Crippen LogP contribution < -0.4 is 10.6 Å². The number of halogens is 3. The Kier molecular flexibility index (Phi) is 7.01. The number of nitrogens with zero attached hydrogens (tertiary/aromatic N) is 4. The van der Waals surface area contributed by atoms with E-state index in [2.05, 4.69) is 20.8 Å². The summed E-state index contributed by atoms with van der Waals surface area (Å²) in [5, 5.41) is 17.5. The minimum atomic E-state index is 0.391. The maximum Gasteiger partial charge on any atom is 0.177 e. The number of rotatable bonds is 6. The van der Waals surface area contributed by atoms with Gasteiger partial charge in [0, 0.05) is 39.1 Å². The number of nitrogens with one attached hydrogen (secondary N) is 2. The van der Waals surface area contributed by atoms with Gasteiger partial charge in [-0.15, -0.1) is 0 Å². The fourth-order valence-corrected chi connectivity index (χ4v) is 4.00. The lowest BCUT2D eigenvalue weighted by atomic mass is 10.2. The van der Waals surface area contributed by atoms with Crippen molar-refractivity contribution in [2.75, 3.05) is 10.6 Å². The van der Waals surface area contributed by atoms with Crippen LogP contribution >= 0.6 is 47.0 Å². The fraction of sp³-hybridized carbons (Fsp3) is 0.136. The maximum absolute atomic E-state index is 6.29. The lowest BCUT2D eigenvalue weighted by molar-refractivity contribution is 0.668. The molecule has 0 saturated carbocycles. The van der Waals surface area contributed by atoms with E-state index in [1.807, 2.05) is 66.3 Å². The van der Waals surface area contributed by atoms with Gasteiger partial charge in [-0.1, -0.05) is 59.1 Å². The monoisotopic (exact) mass is 504 g/mol. The highest BCUT2D eigenvalue weighted by Crippen LogP contribution is 2.23. The average Bonchev–Trinajstić information content (AvgIpc) is 3.31. The second kappa shape index (κ2) is 9.92. The predicted molar refractivity (Wildman–Crippen MR) is 135 cm³/mol. The Morgan fingerprint density at radius 2 is 1.62 bits per heavy atom. The highest BCUT2D eigenvalue weighted by Gasteiger charge is 2.10. The zero-order chi connectivity index (χ0) is 22.7. The van der Waals surface area contributed by atoms with Crippen LogP contribution in [0.5, 0.6) is 0 Å². The van der Waals surface area contributed by atoms with Gasteiger partial charge in [0.2, 0.25) is 0 Å². The molecule has 0 radical (unpaired) electrons. The third-order valence-corrected chi connectivity index (χ3v) is 5.89. The summed E-state index contributed by atoms with van der Waals surface area (Å²) >= 11 is 23.9. The van der Waals surface area contributed by atoms with Crippen LogP contribution in [0.3, 0.4) is 0 Å². The minimum absolute atomic E-state index is 0.391. The summed E-state index contributed by atoms with van der Waals surface area (Å²) in [6.45, 7) is 3.06. The van der Waals surface area contributed by atoms with Crippen LogP contribution in [0.25, 0.3) is 0 Å². The molecule has 2 heterocycles. The number of aromatic nitrogens is 4. The van der Waals surface area contributed by atoms with Crippen molar-refractivity contribution in [3.05, 3.63) is 92.7 Å². The van der Waals surface area contributed by atoms with Crippen molar-refractivity contribution in [1.29, 1.82) is 0 Å². The van der Waals surface area contributed by atoms with E-state index in [1.54, 1.807) is 10.7 Å². The molecule has 164 valence electrons. The van der Waals surface area contributed by atoms with Crippen molar-refractivity contribution in [3.8, 4) is 0 Å². The van der Waals surface area contributed by atoms with Gasteiger partial charge >= 0.3 is 0 Å². The third kappa shape index (κ3) is 5.61. The highest BCUT2D eigenvalue weighted by atomic mass is 35.5. The van der Waals surface area contributed by atoms with Crippen molar-refractivity contribution in [2.24, 2.45) is 0 Å². The van der Waals surface area contributed by atoms with E-state index in [0.29, 0.717) is 44.9 Å². The zero-order valence-electron chi connectivity index (χ0n) is 17.0. The number of hydrogen-bond acceptors (Lipinski definition) is 3. The Labute approximate surface area is 206 Å². The molecule has 0 amide bonds. The Bertz CT molecular complexity index is 1270. The van der Waals surface area contributed by atoms with E-state index in [9.17, 15) is 0 Å². The molecule has 0 atom stereocenters. The molecule has 32 heavy (non-hydrogen) atoms. The van der Waals surface area contributed by atoms with Crippen LogP contribution in [0.2, 0.25) is 15.1 Å². The van der Waals surface area contributed by atoms with Crippen LogP contribution in [0.1, 0.15) is 16.8 Å². The molecule has 0 aliphatic heterocycles. The molecular formula is C22H19Cl3N6S. The largest absolute Gasteiger partial charge is 0.316 e. The Balaban J connectivity index is 1.37. The van der Waals surface area contributed by atoms with Gasteiger partial charge < -0.3 is 10.6 Å². The fourth-order valence-electron chi connectivity index (χ4n) is 3.12. The number of hydrogen-bond donors (Lipinski definition) is 2. The lowest BCUT2D eigenvalue weighted by Crippen LogP contribution is -2.20. The van der Waals surface area contributed by atoms with Crippen LogP contribution in [0.4, 0.5) is 11.6 Å². The van der Waals surface area contributed by atoms with Gasteiger partial charge in [-0.05, 0) is 48.5 Å². The van der Waals surface area contributed by atoms with E-state index in [4.69, 9.17) is 47.0 Å². The Morgan fingerprint density at radius 3 is 2.41 bits per heavy atom. The van der Waals surface area contributed by atoms with Gasteiger partial charge in [-0.25, -0.2) is 0 Å². The molecule has 0 fully saturated rings. The molecule has 4 aromatic rings. The number of anilines is 2. The lowest BCUT2D eigenvalue weighted by Gasteiger charge is -2.08. The summed E-state index contributed by atoms with van der Waals surface area (Å²) in [6, 6.07) is 16.9. The van der Waals surface area contributed by atoms with Crippen LogP contribution in [0.15, 0.2) is 60.8 Å². The van der Waals surface area contributed by atoms with Crippen LogP contribution in [-0.4, -0.2) is 24.7 Å². The normalized spacial score (nSPS) is 10.9. The molecule has 0 unspecified atom stereocenters. The number of thiocarbonyl (C=S) groups is 1. The second-order valence-electron chi connectivity index (χ2n) is 7.13. The zero-order valence-corrected chi connectivity index (χ0v) is 20.1. The summed E-state index contributed by atoms with van der Waals surface area (Å²) in [5.74, 6) is 1.25. The quantitative estimate of drug-likeness (QED) is 0.303. The van der Waals surface area contributed by atoms with Gasteiger partial charge in [0.25, 0.3) is 0 Å². The molecule has 0 aliphatic rings. The molecule has 4 rings (SSSR count). The smallest absolute Gasteiger partial charge is 0.177 e. The van der Waals surface area contributed by atoms with Crippen molar-refractivity contribution in [3.63, 3.8) is 0 Å². The summed E-state index contributed by atoms with van der Waals surface area (Å²) < 4.78 is 3.64. The van der Waals surface area contributed by atoms with Crippen LogP contribution in [-0.2, 0) is 13.1 Å². The SMILES string of the molecule is Cc1cc(NC(=S)Nc2ccn(Cc3ccccc3Cl)n2)nn1Cc1ccc(Cl)cc1Cl. The van der Waals surface area contributed by atoms with Gasteiger partial charge in [0.15, 0.2) is 16.7 Å². The molecular weight excluding hydrogens is 487 g/mol. The molecule has 2 N–H and O–H groups in total. The first-order valence-electron chi connectivity index (χ1n) is 9.70. The summed E-state index contributed by atoms with van der Waals surface area (Å²) in [5.41, 5.74) is 2.88. The van der Waals surface area contributed by atoms with Gasteiger partial charge in [0.1, 0.15) is 0 Å². The maximum atomic E-state index is 6.29. The van der Waals surface area contributed by atoms with Gasteiger partial charge in [0.05, 0.1) is 13.1 Å². The Hall–Kier alpha value is -2.58. The topological polar surface area (TPSA) is 59.7 Å². The Morgan fingerprint density at radius 1 is 0.875 bits per heavy atom. The first-order chi connectivity index (χ1) is 15.4. The first-order valence-corrected chi connectivity index (χ1v) is 11.2. The van der Waals surface area contributed by atoms with Gasteiger partial charge in [-0.3, -0.25) is 9.36 Å². The molecule has 10 heteroatoms. The van der Waals surface area contributed by atoms with E-state index in [0.717, 1.165) is 16.8 Å². The van der Waals surface area contributed by atoms with Crippen LogP contribution in [0, 0.1) is 6.92 Å². The highest BCUT2D eigenvalue weighted by molar-refractivity contribution is 7.80. The van der Waals surface area contributed by atoms with E-state index >= 15 is 0 Å². The molecule has 0 saturated heterocycles. The molecule has 6 nitrogen and oxygen atoms in total. The van der Waals surface area contributed by atoms with E-state index in [1.165, 1.54) is 0 Å². The first kappa shape index (κ1) is 22.6. The van der Waals surface area contributed by atoms with E-state index in [-0.39, 0.29) is 0 Å². The second-order valence-corrected chi connectivity index (χ2v) is 8.79. The van der Waals surface area contributed by atoms with Crippen molar-refractivity contribution in [2.45, 2.75) is 20.0 Å². The molecule has 0 aliphatic carbocycles. The molecule has 0 spiro atoms. The van der Waals surface area contributed by atoms with Crippen molar-refractivity contribution >= 4 is 63.8 Å². The molecule has 0 bridgehead atoms. The molecule has 2 aromatic carbocycles. The van der Waals surface area contributed by atoms with Gasteiger partial charge in [-0.2, -0.15) is 10.2 Å². The summed E-state index contributed by atoms with van der Waals surface area (Å²) in [6.07, 6.45) is 1.86. The van der Waals surface area contributed by atoms with E-state index < -0.39 is 0 Å². The van der Waals surface area contributed by atoms with Crippen molar-refractivity contribution in [1.82, 2.24) is 19.6 Å². The summed E-state index contributed by atoms with van der Waals surface area (Å²) in [4.78, 5) is 0.